The minimum absolute atomic E-state index is 0.480. The van der Waals surface area contributed by atoms with Crippen molar-refractivity contribution in [3.8, 4) is 5.75 Å². The van der Waals surface area contributed by atoms with Crippen LogP contribution in [0.2, 0.25) is 0 Å². The van der Waals surface area contributed by atoms with Crippen molar-refractivity contribution < 1.29 is 13.2 Å². The van der Waals surface area contributed by atoms with Crippen molar-refractivity contribution in [1.29, 1.82) is 0 Å². The standard InChI is InChI=1S/C20H32N2O3S/c1-4-21(15-17-7-10-22(11-8-17)26(3,23)24)16(2)13-18-5-6-20-19(14-18)9-12-25-20/h5-6,14,16-17H,4,7-13,15H2,1-3H3/t16-/m1/s1. The van der Waals surface area contributed by atoms with E-state index in [1.165, 1.54) is 17.4 Å². The SMILES string of the molecule is CCN(CC1CCN(S(C)(=O)=O)CC1)[C@H](C)Cc1ccc2c(c1)CCO2. The molecular formula is C20H32N2O3S. The molecule has 1 saturated heterocycles. The van der Waals surface area contributed by atoms with Crippen LogP contribution < -0.4 is 4.74 Å². The van der Waals surface area contributed by atoms with Crippen molar-refractivity contribution in [1.82, 2.24) is 9.21 Å². The summed E-state index contributed by atoms with van der Waals surface area (Å²) in [5.74, 6) is 1.63. The van der Waals surface area contributed by atoms with E-state index in [1.54, 1.807) is 4.31 Å². The van der Waals surface area contributed by atoms with E-state index in [0.717, 1.165) is 51.1 Å². The highest BCUT2D eigenvalue weighted by Gasteiger charge is 2.27. The zero-order valence-electron chi connectivity index (χ0n) is 16.3. The average molecular weight is 381 g/mol. The monoisotopic (exact) mass is 380 g/mol. The van der Waals surface area contributed by atoms with Crippen LogP contribution in [-0.2, 0) is 22.9 Å². The highest BCUT2D eigenvalue weighted by atomic mass is 32.2. The second-order valence-electron chi connectivity index (χ2n) is 7.79. The molecule has 1 aromatic rings. The molecule has 1 fully saturated rings. The van der Waals surface area contributed by atoms with E-state index < -0.39 is 10.0 Å². The zero-order valence-corrected chi connectivity index (χ0v) is 17.1. The highest BCUT2D eigenvalue weighted by Crippen LogP contribution is 2.27. The van der Waals surface area contributed by atoms with Crippen LogP contribution in [0.5, 0.6) is 5.75 Å². The van der Waals surface area contributed by atoms with Crippen molar-refractivity contribution in [2.45, 2.75) is 45.6 Å². The lowest BCUT2D eigenvalue weighted by Crippen LogP contribution is -2.43. The van der Waals surface area contributed by atoms with Gasteiger partial charge in [0.05, 0.1) is 12.9 Å². The van der Waals surface area contributed by atoms with Crippen LogP contribution >= 0.6 is 0 Å². The average Bonchev–Trinajstić information content (AvgIpc) is 3.07. The van der Waals surface area contributed by atoms with E-state index in [2.05, 4.69) is 36.9 Å². The molecule has 0 N–H and O–H groups in total. The molecule has 3 rings (SSSR count). The fraction of sp³-hybridized carbons (Fsp3) is 0.700. The number of rotatable bonds is 7. The molecule has 0 radical (unpaired) electrons. The first-order valence-corrected chi connectivity index (χ1v) is 11.7. The third kappa shape index (κ3) is 4.78. The van der Waals surface area contributed by atoms with Crippen molar-refractivity contribution in [3.05, 3.63) is 29.3 Å². The number of nitrogens with zero attached hydrogens (tertiary/aromatic N) is 2. The van der Waals surface area contributed by atoms with Crippen LogP contribution in [0.4, 0.5) is 0 Å². The molecule has 26 heavy (non-hydrogen) atoms. The smallest absolute Gasteiger partial charge is 0.211 e. The third-order valence-electron chi connectivity index (χ3n) is 5.85. The fourth-order valence-corrected chi connectivity index (χ4v) is 5.09. The van der Waals surface area contributed by atoms with Gasteiger partial charge in [-0.15, -0.1) is 0 Å². The van der Waals surface area contributed by atoms with Gasteiger partial charge in [-0.2, -0.15) is 0 Å². The van der Waals surface area contributed by atoms with E-state index in [0.29, 0.717) is 25.0 Å². The summed E-state index contributed by atoms with van der Waals surface area (Å²) in [5, 5.41) is 0. The van der Waals surface area contributed by atoms with Gasteiger partial charge in [0.25, 0.3) is 0 Å². The van der Waals surface area contributed by atoms with E-state index in [4.69, 9.17) is 4.74 Å². The summed E-state index contributed by atoms with van der Waals surface area (Å²) in [6, 6.07) is 7.09. The van der Waals surface area contributed by atoms with Gasteiger partial charge in [-0.25, -0.2) is 12.7 Å². The predicted octanol–water partition coefficient (Wildman–Crippen LogP) is 2.55. The maximum absolute atomic E-state index is 11.7. The van der Waals surface area contributed by atoms with Crippen molar-refractivity contribution in [2.24, 2.45) is 5.92 Å². The molecule has 2 heterocycles. The van der Waals surface area contributed by atoms with E-state index >= 15 is 0 Å². The van der Waals surface area contributed by atoms with Gasteiger partial charge in [0, 0.05) is 32.1 Å². The number of piperidine rings is 1. The number of sulfonamides is 1. The van der Waals surface area contributed by atoms with Gasteiger partial charge in [-0.05, 0) is 55.8 Å². The molecule has 0 saturated carbocycles. The van der Waals surface area contributed by atoms with Gasteiger partial charge < -0.3 is 9.64 Å². The topological polar surface area (TPSA) is 49.9 Å². The maximum Gasteiger partial charge on any atom is 0.211 e. The van der Waals surface area contributed by atoms with Crippen LogP contribution in [-0.4, -0.2) is 62.7 Å². The largest absolute Gasteiger partial charge is 0.493 e. The summed E-state index contributed by atoms with van der Waals surface area (Å²) in [5.41, 5.74) is 2.72. The Labute approximate surface area is 158 Å². The zero-order chi connectivity index (χ0) is 18.7. The Hall–Kier alpha value is -1.11. The molecule has 0 spiro atoms. The highest BCUT2D eigenvalue weighted by molar-refractivity contribution is 7.88. The molecule has 1 aromatic carbocycles. The van der Waals surface area contributed by atoms with Crippen molar-refractivity contribution >= 4 is 10.0 Å². The first kappa shape index (κ1) is 19.6. The van der Waals surface area contributed by atoms with Crippen LogP contribution in [0.15, 0.2) is 18.2 Å². The summed E-state index contributed by atoms with van der Waals surface area (Å²) < 4.78 is 30.6. The second-order valence-corrected chi connectivity index (χ2v) is 9.77. The minimum Gasteiger partial charge on any atom is -0.493 e. The Balaban J connectivity index is 1.53. The Morgan fingerprint density at radius 1 is 1.31 bits per heavy atom. The molecule has 0 aromatic heterocycles. The molecule has 146 valence electrons. The third-order valence-corrected chi connectivity index (χ3v) is 7.15. The van der Waals surface area contributed by atoms with Crippen LogP contribution in [0.3, 0.4) is 0 Å². The molecule has 0 amide bonds. The lowest BCUT2D eigenvalue weighted by molar-refractivity contribution is 0.152. The molecule has 5 nitrogen and oxygen atoms in total. The van der Waals surface area contributed by atoms with Gasteiger partial charge in [0.2, 0.25) is 10.0 Å². The summed E-state index contributed by atoms with van der Waals surface area (Å²) in [6.45, 7) is 8.75. The molecule has 2 aliphatic rings. The summed E-state index contributed by atoms with van der Waals surface area (Å²) in [6.07, 6.45) is 5.31. The van der Waals surface area contributed by atoms with E-state index in [9.17, 15) is 8.42 Å². The van der Waals surface area contributed by atoms with Crippen LogP contribution in [0.1, 0.15) is 37.8 Å². The number of ether oxygens (including phenoxy) is 1. The first-order valence-electron chi connectivity index (χ1n) is 9.80. The normalized spacial score (nSPS) is 20.2. The lowest BCUT2D eigenvalue weighted by atomic mass is 9.96. The van der Waals surface area contributed by atoms with Gasteiger partial charge >= 0.3 is 0 Å². The molecule has 0 unspecified atom stereocenters. The van der Waals surface area contributed by atoms with Crippen molar-refractivity contribution in [3.63, 3.8) is 0 Å². The Bertz CT molecular complexity index is 712. The van der Waals surface area contributed by atoms with Crippen molar-refractivity contribution in [2.75, 3.05) is 39.0 Å². The van der Waals surface area contributed by atoms with Gasteiger partial charge in [0.1, 0.15) is 5.75 Å². The Kier molecular flexibility index (Phi) is 6.25. The Morgan fingerprint density at radius 3 is 2.69 bits per heavy atom. The minimum atomic E-state index is -3.04. The molecule has 0 bridgehead atoms. The molecule has 6 heteroatoms. The number of hydrogen-bond acceptors (Lipinski definition) is 4. The number of fused-ring (bicyclic) bond motifs is 1. The van der Waals surface area contributed by atoms with E-state index in [-0.39, 0.29) is 0 Å². The number of hydrogen-bond donors (Lipinski definition) is 0. The van der Waals surface area contributed by atoms with Gasteiger partial charge in [-0.3, -0.25) is 0 Å². The molecular weight excluding hydrogens is 348 g/mol. The summed E-state index contributed by atoms with van der Waals surface area (Å²) >= 11 is 0. The summed E-state index contributed by atoms with van der Waals surface area (Å²) in [7, 11) is -3.04. The molecule has 2 aliphatic heterocycles. The maximum atomic E-state index is 11.7. The van der Waals surface area contributed by atoms with E-state index in [1.807, 2.05) is 0 Å². The quantitative estimate of drug-likeness (QED) is 0.729. The lowest BCUT2D eigenvalue weighted by Gasteiger charge is -2.36. The van der Waals surface area contributed by atoms with Gasteiger partial charge in [0.15, 0.2) is 0 Å². The number of benzene rings is 1. The summed E-state index contributed by atoms with van der Waals surface area (Å²) in [4.78, 5) is 2.55. The van der Waals surface area contributed by atoms with Gasteiger partial charge in [-0.1, -0.05) is 19.1 Å². The van der Waals surface area contributed by atoms with Crippen LogP contribution in [0, 0.1) is 5.92 Å². The second kappa shape index (κ2) is 8.28. The Morgan fingerprint density at radius 2 is 2.04 bits per heavy atom. The number of likely N-dealkylation sites (N-methyl/N-ethyl adjacent to an activating group) is 1. The molecule has 0 aliphatic carbocycles. The first-order chi connectivity index (χ1) is 12.4. The molecule has 1 atom stereocenters. The van der Waals surface area contributed by atoms with Crippen LogP contribution in [0.25, 0.3) is 0 Å². The predicted molar refractivity (Wildman–Crippen MR) is 105 cm³/mol. The fourth-order valence-electron chi connectivity index (χ4n) is 4.21.